The average Bonchev–Trinajstić information content (AvgIpc) is 2.40. The lowest BCUT2D eigenvalue weighted by atomic mass is 10.1. The third-order valence-corrected chi connectivity index (χ3v) is 4.03. The van der Waals surface area contributed by atoms with Crippen LogP contribution < -0.4 is 15.8 Å². The molecular weight excluding hydrogens is 293 g/mol. The normalized spacial score (nSPS) is 11.4. The van der Waals surface area contributed by atoms with Crippen LogP contribution in [0.15, 0.2) is 47.4 Å². The summed E-state index contributed by atoms with van der Waals surface area (Å²) in [5.74, 6) is -0.654. The fourth-order valence-electron chi connectivity index (χ4n) is 1.99. The van der Waals surface area contributed by atoms with Crippen LogP contribution in [0.3, 0.4) is 0 Å². The van der Waals surface area contributed by atoms with Crippen LogP contribution in [0.25, 0.3) is 0 Å². The quantitative estimate of drug-likeness (QED) is 0.841. The smallest absolute Gasteiger partial charge is 0.238 e. The standard InChI is InChI=1S/C14H16FN3O2S/c1-18(9-10-4-2-3-5-13(10)16)14-7-6-11(8-12(14)15)21(17,19)20/h2-8H,9,16H2,1H3,(H2,17,19,20). The molecule has 0 saturated carbocycles. The summed E-state index contributed by atoms with van der Waals surface area (Å²) in [6.45, 7) is 0.401. The van der Waals surface area contributed by atoms with Gasteiger partial charge in [0.1, 0.15) is 5.82 Å². The number of anilines is 2. The molecule has 0 radical (unpaired) electrons. The van der Waals surface area contributed by atoms with E-state index in [1.807, 2.05) is 18.2 Å². The molecule has 0 aliphatic carbocycles. The minimum atomic E-state index is -3.91. The van der Waals surface area contributed by atoms with Crippen LogP contribution >= 0.6 is 0 Å². The third-order valence-electron chi connectivity index (χ3n) is 3.12. The van der Waals surface area contributed by atoms with Crippen molar-refractivity contribution in [2.45, 2.75) is 11.4 Å². The predicted octanol–water partition coefficient (Wildman–Crippen LogP) is 1.69. The number of nitrogens with zero attached hydrogens (tertiary/aromatic N) is 1. The van der Waals surface area contributed by atoms with Gasteiger partial charge in [0, 0.05) is 19.3 Å². The summed E-state index contributed by atoms with van der Waals surface area (Å²) in [7, 11) is -2.22. The van der Waals surface area contributed by atoms with E-state index in [0.717, 1.165) is 11.6 Å². The number of rotatable bonds is 4. The van der Waals surface area contributed by atoms with Crippen LogP contribution in [0.2, 0.25) is 0 Å². The van der Waals surface area contributed by atoms with E-state index in [0.29, 0.717) is 12.2 Å². The number of halogens is 1. The number of hydrogen-bond donors (Lipinski definition) is 2. The largest absolute Gasteiger partial charge is 0.398 e. The van der Waals surface area contributed by atoms with Crippen molar-refractivity contribution in [1.29, 1.82) is 0 Å². The molecule has 0 fully saturated rings. The van der Waals surface area contributed by atoms with Gasteiger partial charge in [-0.15, -0.1) is 0 Å². The topological polar surface area (TPSA) is 89.4 Å². The van der Waals surface area contributed by atoms with Crippen LogP contribution in [0.5, 0.6) is 0 Å². The highest BCUT2D eigenvalue weighted by Crippen LogP contribution is 2.24. The van der Waals surface area contributed by atoms with Gasteiger partial charge in [0.15, 0.2) is 0 Å². The number of nitrogen functional groups attached to an aromatic ring is 1. The summed E-state index contributed by atoms with van der Waals surface area (Å²) in [6, 6.07) is 10.9. The number of benzene rings is 2. The SMILES string of the molecule is CN(Cc1ccccc1N)c1ccc(S(N)(=O)=O)cc1F. The van der Waals surface area contributed by atoms with Crippen molar-refractivity contribution in [2.24, 2.45) is 5.14 Å². The van der Waals surface area contributed by atoms with Crippen molar-refractivity contribution in [1.82, 2.24) is 0 Å². The molecule has 0 aliphatic heterocycles. The summed E-state index contributed by atoms with van der Waals surface area (Å²) in [4.78, 5) is 1.39. The maximum Gasteiger partial charge on any atom is 0.238 e. The van der Waals surface area contributed by atoms with Gasteiger partial charge in [-0.3, -0.25) is 0 Å². The van der Waals surface area contributed by atoms with Crippen molar-refractivity contribution in [3.63, 3.8) is 0 Å². The fourth-order valence-corrected chi connectivity index (χ4v) is 2.52. The predicted molar refractivity (Wildman–Crippen MR) is 80.7 cm³/mol. The lowest BCUT2D eigenvalue weighted by Gasteiger charge is -2.21. The lowest BCUT2D eigenvalue weighted by molar-refractivity contribution is 0.591. The molecule has 0 unspecified atom stereocenters. The van der Waals surface area contributed by atoms with Gasteiger partial charge < -0.3 is 10.6 Å². The molecule has 2 aromatic carbocycles. The number of para-hydroxylation sites is 1. The third kappa shape index (κ3) is 3.50. The molecule has 112 valence electrons. The number of primary sulfonamides is 1. The Balaban J connectivity index is 2.28. The second-order valence-corrected chi connectivity index (χ2v) is 6.27. The van der Waals surface area contributed by atoms with Gasteiger partial charge in [-0.1, -0.05) is 18.2 Å². The molecule has 0 saturated heterocycles. The Morgan fingerprint density at radius 2 is 1.86 bits per heavy atom. The average molecular weight is 309 g/mol. The van der Waals surface area contributed by atoms with E-state index in [2.05, 4.69) is 0 Å². The molecule has 0 heterocycles. The monoisotopic (exact) mass is 309 g/mol. The molecule has 0 atom stereocenters. The molecule has 2 rings (SSSR count). The van der Waals surface area contributed by atoms with E-state index in [-0.39, 0.29) is 10.6 Å². The highest BCUT2D eigenvalue weighted by Gasteiger charge is 2.14. The molecule has 2 aromatic rings. The first-order valence-corrected chi connectivity index (χ1v) is 7.70. The van der Waals surface area contributed by atoms with Crippen LogP contribution in [-0.2, 0) is 16.6 Å². The molecule has 0 aliphatic rings. The fraction of sp³-hybridized carbons (Fsp3) is 0.143. The van der Waals surface area contributed by atoms with Crippen molar-refractivity contribution >= 4 is 21.4 Å². The van der Waals surface area contributed by atoms with Crippen LogP contribution in [-0.4, -0.2) is 15.5 Å². The van der Waals surface area contributed by atoms with E-state index in [9.17, 15) is 12.8 Å². The van der Waals surface area contributed by atoms with E-state index in [1.54, 1.807) is 18.0 Å². The van der Waals surface area contributed by atoms with E-state index in [4.69, 9.17) is 10.9 Å². The first kappa shape index (κ1) is 15.3. The first-order chi connectivity index (χ1) is 9.79. The van der Waals surface area contributed by atoms with Crippen molar-refractivity contribution in [2.75, 3.05) is 17.7 Å². The number of nitrogens with two attached hydrogens (primary N) is 2. The highest BCUT2D eigenvalue weighted by atomic mass is 32.2. The molecule has 0 spiro atoms. The van der Waals surface area contributed by atoms with Gasteiger partial charge in [-0.05, 0) is 29.8 Å². The minimum Gasteiger partial charge on any atom is -0.398 e. The van der Waals surface area contributed by atoms with E-state index >= 15 is 0 Å². The first-order valence-electron chi connectivity index (χ1n) is 6.16. The summed E-state index contributed by atoms with van der Waals surface area (Å²) in [6.07, 6.45) is 0. The zero-order chi connectivity index (χ0) is 15.6. The van der Waals surface area contributed by atoms with Crippen LogP contribution in [0, 0.1) is 5.82 Å². The Bertz CT molecular complexity index is 763. The van der Waals surface area contributed by atoms with Gasteiger partial charge in [-0.2, -0.15) is 0 Å². The summed E-state index contributed by atoms with van der Waals surface area (Å²) >= 11 is 0. The lowest BCUT2D eigenvalue weighted by Crippen LogP contribution is -2.19. The van der Waals surface area contributed by atoms with Gasteiger partial charge >= 0.3 is 0 Å². The molecule has 0 aromatic heterocycles. The molecule has 0 bridgehead atoms. The van der Waals surface area contributed by atoms with Gasteiger partial charge in [-0.25, -0.2) is 17.9 Å². The summed E-state index contributed by atoms with van der Waals surface area (Å²) < 4.78 is 36.4. The Labute approximate surface area is 123 Å². The zero-order valence-electron chi connectivity index (χ0n) is 11.5. The Morgan fingerprint density at radius 3 is 2.43 bits per heavy atom. The van der Waals surface area contributed by atoms with Gasteiger partial charge in [0.25, 0.3) is 0 Å². The Kier molecular flexibility index (Phi) is 4.15. The maximum absolute atomic E-state index is 14.0. The van der Waals surface area contributed by atoms with E-state index < -0.39 is 15.8 Å². The van der Waals surface area contributed by atoms with Crippen molar-refractivity contribution in [3.8, 4) is 0 Å². The molecule has 21 heavy (non-hydrogen) atoms. The molecule has 0 amide bonds. The van der Waals surface area contributed by atoms with Gasteiger partial charge in [0.2, 0.25) is 10.0 Å². The van der Waals surface area contributed by atoms with Crippen LogP contribution in [0.1, 0.15) is 5.56 Å². The molecular formula is C14H16FN3O2S. The Morgan fingerprint density at radius 1 is 1.19 bits per heavy atom. The Hall–Kier alpha value is -2.12. The maximum atomic E-state index is 14.0. The minimum absolute atomic E-state index is 0.253. The summed E-state index contributed by atoms with van der Waals surface area (Å²) in [5.41, 5.74) is 7.59. The molecule has 4 N–H and O–H groups in total. The van der Waals surface area contributed by atoms with Crippen molar-refractivity contribution in [3.05, 3.63) is 53.8 Å². The van der Waals surface area contributed by atoms with Crippen LogP contribution in [0.4, 0.5) is 15.8 Å². The zero-order valence-corrected chi connectivity index (χ0v) is 12.3. The van der Waals surface area contributed by atoms with Gasteiger partial charge in [0.05, 0.1) is 10.6 Å². The highest BCUT2D eigenvalue weighted by molar-refractivity contribution is 7.89. The van der Waals surface area contributed by atoms with Crippen molar-refractivity contribution < 1.29 is 12.8 Å². The summed E-state index contributed by atoms with van der Waals surface area (Å²) in [5, 5.41) is 4.97. The van der Waals surface area contributed by atoms with E-state index in [1.165, 1.54) is 12.1 Å². The number of hydrogen-bond acceptors (Lipinski definition) is 4. The number of sulfonamides is 1. The molecule has 7 heteroatoms. The second kappa shape index (κ2) is 5.71. The molecule has 5 nitrogen and oxygen atoms in total. The second-order valence-electron chi connectivity index (χ2n) is 4.71.